The van der Waals surface area contributed by atoms with Gasteiger partial charge in [-0.3, -0.25) is 9.59 Å². The Morgan fingerprint density at radius 3 is 2.69 bits per heavy atom. The molecule has 0 spiro atoms. The van der Waals surface area contributed by atoms with Gasteiger partial charge in [-0.2, -0.15) is 0 Å². The molecule has 1 saturated heterocycles. The smallest absolute Gasteiger partial charge is 0.227 e. The predicted octanol–water partition coefficient (Wildman–Crippen LogP) is 2.62. The average Bonchev–Trinajstić information content (AvgIpc) is 3.47. The van der Waals surface area contributed by atoms with Crippen LogP contribution in [0.2, 0.25) is 0 Å². The lowest BCUT2D eigenvalue weighted by Crippen LogP contribution is -2.33. The Balaban J connectivity index is 1.42. The maximum atomic E-state index is 12.9. The van der Waals surface area contributed by atoms with Gasteiger partial charge in [0.05, 0.1) is 32.2 Å². The highest BCUT2D eigenvalue weighted by atomic mass is 16.5. The molecule has 32 heavy (non-hydrogen) atoms. The van der Waals surface area contributed by atoms with Gasteiger partial charge in [0.25, 0.3) is 0 Å². The van der Waals surface area contributed by atoms with Crippen LogP contribution in [-0.2, 0) is 22.7 Å². The van der Waals surface area contributed by atoms with Crippen LogP contribution in [0, 0.1) is 5.92 Å². The molecule has 1 aliphatic rings. The van der Waals surface area contributed by atoms with Gasteiger partial charge in [0, 0.05) is 44.5 Å². The van der Waals surface area contributed by atoms with E-state index in [1.807, 2.05) is 35.0 Å². The van der Waals surface area contributed by atoms with Crippen molar-refractivity contribution in [2.24, 2.45) is 5.92 Å². The van der Waals surface area contributed by atoms with Gasteiger partial charge in [-0.05, 0) is 23.3 Å². The number of benzene rings is 2. The molecule has 0 aliphatic carbocycles. The molecule has 2 amide bonds. The van der Waals surface area contributed by atoms with Crippen LogP contribution in [-0.4, -0.2) is 42.1 Å². The number of imidazole rings is 1. The Labute approximate surface area is 186 Å². The Kier molecular flexibility index (Phi) is 6.39. The molecule has 3 aromatic rings. The Hall–Kier alpha value is -3.81. The molecule has 0 bridgehead atoms. The summed E-state index contributed by atoms with van der Waals surface area (Å²) in [7, 11) is 3.12. The van der Waals surface area contributed by atoms with Gasteiger partial charge >= 0.3 is 0 Å². The standard InChI is InChI=1S/C24H26N4O4/c1-31-20-7-8-22(32-2)21(12-20)28-15-19(11-23(28)29)24(30)26-13-17-5-3-4-6-18(17)14-27-10-9-25-16-27/h3-10,12,16,19H,11,13-15H2,1-2H3,(H,26,30). The summed E-state index contributed by atoms with van der Waals surface area (Å²) in [4.78, 5) is 31.3. The third-order valence-corrected chi connectivity index (χ3v) is 5.66. The molecule has 1 aromatic heterocycles. The van der Waals surface area contributed by atoms with Crippen molar-refractivity contribution in [3.05, 3.63) is 72.3 Å². The van der Waals surface area contributed by atoms with E-state index >= 15 is 0 Å². The van der Waals surface area contributed by atoms with Crippen molar-refractivity contribution >= 4 is 17.5 Å². The minimum Gasteiger partial charge on any atom is -0.497 e. The quantitative estimate of drug-likeness (QED) is 0.589. The number of anilines is 1. The maximum absolute atomic E-state index is 12.9. The van der Waals surface area contributed by atoms with Gasteiger partial charge in [-0.1, -0.05) is 24.3 Å². The van der Waals surface area contributed by atoms with E-state index in [9.17, 15) is 9.59 Å². The fraction of sp³-hybridized carbons (Fsp3) is 0.292. The van der Waals surface area contributed by atoms with Gasteiger partial charge in [0.1, 0.15) is 11.5 Å². The average molecular weight is 434 g/mol. The Morgan fingerprint density at radius 2 is 1.97 bits per heavy atom. The first-order valence-corrected chi connectivity index (χ1v) is 10.4. The molecule has 1 N–H and O–H groups in total. The minimum absolute atomic E-state index is 0.114. The van der Waals surface area contributed by atoms with E-state index in [-0.39, 0.29) is 18.2 Å². The number of nitrogens with one attached hydrogen (secondary N) is 1. The van der Waals surface area contributed by atoms with E-state index < -0.39 is 5.92 Å². The van der Waals surface area contributed by atoms with Crippen LogP contribution in [0.1, 0.15) is 17.5 Å². The topological polar surface area (TPSA) is 85.7 Å². The molecule has 1 fully saturated rings. The number of carbonyl (C=O) groups excluding carboxylic acids is 2. The lowest BCUT2D eigenvalue weighted by atomic mass is 10.1. The van der Waals surface area contributed by atoms with E-state index in [1.165, 1.54) is 0 Å². The van der Waals surface area contributed by atoms with Crippen molar-refractivity contribution in [3.8, 4) is 11.5 Å². The number of hydrogen-bond acceptors (Lipinski definition) is 5. The second-order valence-corrected chi connectivity index (χ2v) is 7.66. The van der Waals surface area contributed by atoms with Gasteiger partial charge in [0.2, 0.25) is 11.8 Å². The third kappa shape index (κ3) is 4.59. The van der Waals surface area contributed by atoms with Crippen LogP contribution in [0.4, 0.5) is 5.69 Å². The second-order valence-electron chi connectivity index (χ2n) is 7.66. The number of nitrogens with zero attached hydrogens (tertiary/aromatic N) is 3. The molecule has 4 rings (SSSR count). The van der Waals surface area contributed by atoms with E-state index in [0.717, 1.165) is 11.1 Å². The van der Waals surface area contributed by atoms with E-state index in [0.29, 0.717) is 36.8 Å². The lowest BCUT2D eigenvalue weighted by Gasteiger charge is -2.20. The summed E-state index contributed by atoms with van der Waals surface area (Å²) in [5, 5.41) is 3.01. The summed E-state index contributed by atoms with van der Waals surface area (Å²) in [5.74, 6) is 0.501. The van der Waals surface area contributed by atoms with E-state index in [2.05, 4.69) is 10.3 Å². The number of hydrogen-bond donors (Lipinski definition) is 1. The third-order valence-electron chi connectivity index (χ3n) is 5.66. The van der Waals surface area contributed by atoms with Crippen LogP contribution in [0.3, 0.4) is 0 Å². The monoisotopic (exact) mass is 434 g/mol. The van der Waals surface area contributed by atoms with Crippen LogP contribution in [0.15, 0.2) is 61.2 Å². The van der Waals surface area contributed by atoms with E-state index in [1.54, 1.807) is 49.8 Å². The molecule has 2 aromatic carbocycles. The summed E-state index contributed by atoms with van der Waals surface area (Å²) in [6.07, 6.45) is 5.56. The first-order valence-electron chi connectivity index (χ1n) is 10.4. The normalized spacial score (nSPS) is 15.6. The Morgan fingerprint density at radius 1 is 1.16 bits per heavy atom. The van der Waals surface area contributed by atoms with Crippen molar-refractivity contribution in [3.63, 3.8) is 0 Å². The molecule has 8 nitrogen and oxygen atoms in total. The summed E-state index contributed by atoms with van der Waals surface area (Å²) >= 11 is 0. The lowest BCUT2D eigenvalue weighted by molar-refractivity contribution is -0.126. The highest BCUT2D eigenvalue weighted by Gasteiger charge is 2.36. The summed E-state index contributed by atoms with van der Waals surface area (Å²) in [6, 6.07) is 13.3. The van der Waals surface area contributed by atoms with Crippen LogP contribution in [0.5, 0.6) is 11.5 Å². The zero-order chi connectivity index (χ0) is 22.5. The number of methoxy groups -OCH3 is 2. The molecule has 2 heterocycles. The van der Waals surface area contributed by atoms with Crippen molar-refractivity contribution in [2.45, 2.75) is 19.5 Å². The predicted molar refractivity (Wildman–Crippen MR) is 120 cm³/mol. The number of carbonyl (C=O) groups is 2. The summed E-state index contributed by atoms with van der Waals surface area (Å²) < 4.78 is 12.7. The zero-order valence-electron chi connectivity index (χ0n) is 18.2. The highest BCUT2D eigenvalue weighted by molar-refractivity contribution is 6.01. The molecule has 1 atom stereocenters. The minimum atomic E-state index is -0.431. The fourth-order valence-electron chi connectivity index (χ4n) is 3.91. The number of ether oxygens (including phenoxy) is 2. The molecule has 8 heteroatoms. The molecular weight excluding hydrogens is 408 g/mol. The first kappa shape index (κ1) is 21.4. The molecule has 0 saturated carbocycles. The Bertz CT molecular complexity index is 1100. The van der Waals surface area contributed by atoms with Gasteiger partial charge in [0.15, 0.2) is 0 Å². The summed E-state index contributed by atoms with van der Waals surface area (Å²) in [6.45, 7) is 1.37. The molecule has 166 valence electrons. The van der Waals surface area contributed by atoms with Crippen molar-refractivity contribution in [2.75, 3.05) is 25.7 Å². The largest absolute Gasteiger partial charge is 0.497 e. The maximum Gasteiger partial charge on any atom is 0.227 e. The molecule has 0 radical (unpaired) electrons. The van der Waals surface area contributed by atoms with Gasteiger partial charge in [-0.25, -0.2) is 4.98 Å². The zero-order valence-corrected chi connectivity index (χ0v) is 18.2. The SMILES string of the molecule is COc1ccc(OC)c(N2CC(C(=O)NCc3ccccc3Cn3ccnc3)CC2=O)c1. The number of aromatic nitrogens is 2. The molecule has 1 aliphatic heterocycles. The van der Waals surface area contributed by atoms with Crippen molar-refractivity contribution in [1.82, 2.24) is 14.9 Å². The van der Waals surface area contributed by atoms with E-state index in [4.69, 9.17) is 9.47 Å². The first-order chi connectivity index (χ1) is 15.6. The number of amides is 2. The fourth-order valence-corrected chi connectivity index (χ4v) is 3.91. The van der Waals surface area contributed by atoms with Gasteiger partial charge < -0.3 is 24.3 Å². The van der Waals surface area contributed by atoms with Crippen LogP contribution >= 0.6 is 0 Å². The van der Waals surface area contributed by atoms with Crippen LogP contribution < -0.4 is 19.7 Å². The second kappa shape index (κ2) is 9.55. The van der Waals surface area contributed by atoms with Crippen molar-refractivity contribution in [1.29, 1.82) is 0 Å². The number of rotatable bonds is 8. The van der Waals surface area contributed by atoms with Crippen LogP contribution in [0.25, 0.3) is 0 Å². The molecular formula is C24H26N4O4. The summed E-state index contributed by atoms with van der Waals surface area (Å²) in [5.41, 5.74) is 2.75. The molecule has 1 unspecified atom stereocenters. The highest BCUT2D eigenvalue weighted by Crippen LogP contribution is 2.36. The van der Waals surface area contributed by atoms with Gasteiger partial charge in [-0.15, -0.1) is 0 Å². The van der Waals surface area contributed by atoms with Crippen molar-refractivity contribution < 1.29 is 19.1 Å².